The van der Waals surface area contributed by atoms with Gasteiger partial charge in [0, 0.05) is 78.7 Å². The van der Waals surface area contributed by atoms with Crippen molar-refractivity contribution in [3.05, 3.63) is 71.5 Å². The van der Waals surface area contributed by atoms with Crippen molar-refractivity contribution in [2.45, 2.75) is 156 Å². The van der Waals surface area contributed by atoms with Crippen LogP contribution in [0.25, 0.3) is 33.3 Å². The Morgan fingerprint density at radius 2 is 1.72 bits per heavy atom. The fourth-order valence-corrected chi connectivity index (χ4v) is 12.6. The van der Waals surface area contributed by atoms with Gasteiger partial charge in [-0.05, 0) is 135 Å². The zero-order valence-corrected chi connectivity index (χ0v) is 45.1. The fourth-order valence-electron chi connectivity index (χ4n) is 12.6. The minimum Gasteiger partial charge on any atom is -0.464 e. The summed E-state index contributed by atoms with van der Waals surface area (Å²) in [7, 11) is 0. The van der Waals surface area contributed by atoms with Crippen LogP contribution >= 0.6 is 0 Å². The first-order valence-corrected chi connectivity index (χ1v) is 27.6. The third-order valence-corrected chi connectivity index (χ3v) is 16.7. The molecule has 5 aliphatic heterocycles. The molecular weight excluding hydrogens is 933 g/mol. The summed E-state index contributed by atoms with van der Waals surface area (Å²) in [5.41, 5.74) is 10.3. The van der Waals surface area contributed by atoms with Crippen LogP contribution in [0.4, 0.5) is 0 Å². The van der Waals surface area contributed by atoms with E-state index in [1.165, 1.54) is 17.9 Å². The number of cyclic esters (lactones) is 1. The molecule has 5 fully saturated rings. The van der Waals surface area contributed by atoms with Gasteiger partial charge in [-0.15, -0.1) is 0 Å². The summed E-state index contributed by atoms with van der Waals surface area (Å²) in [6.45, 7) is 22.4. The molecule has 3 amide bonds. The smallest absolute Gasteiger partial charge is 0.324 e. The molecule has 7 heterocycles. The summed E-state index contributed by atoms with van der Waals surface area (Å²) >= 11 is 0. The molecule has 6 aliphatic rings. The van der Waals surface area contributed by atoms with Gasteiger partial charge in [0.05, 0.1) is 30.0 Å². The predicted molar refractivity (Wildman–Crippen MR) is 285 cm³/mol. The first kappa shape index (κ1) is 51.8. The van der Waals surface area contributed by atoms with Crippen LogP contribution < -0.4 is 20.8 Å². The summed E-state index contributed by atoms with van der Waals surface area (Å²) in [5.74, 6) is -0.551. The Morgan fingerprint density at radius 3 is 2.45 bits per heavy atom. The highest BCUT2D eigenvalue weighted by Gasteiger charge is 2.55. The molecule has 396 valence electrons. The molecule has 6 atom stereocenters. The summed E-state index contributed by atoms with van der Waals surface area (Å²) in [6.07, 6.45) is 7.75. The molecule has 1 aliphatic carbocycles. The molecule has 4 aromatic rings. The van der Waals surface area contributed by atoms with E-state index in [2.05, 4.69) is 84.4 Å². The van der Waals surface area contributed by atoms with Crippen molar-refractivity contribution in [3.63, 3.8) is 0 Å². The number of likely N-dealkylation sites (tertiary alicyclic amines) is 2. The second-order valence-corrected chi connectivity index (χ2v) is 24.3. The number of esters is 2. The number of aromatic nitrogens is 2. The van der Waals surface area contributed by atoms with Crippen molar-refractivity contribution < 1.29 is 33.4 Å². The third-order valence-electron chi connectivity index (χ3n) is 16.7. The first-order chi connectivity index (χ1) is 35.3. The molecule has 74 heavy (non-hydrogen) atoms. The van der Waals surface area contributed by atoms with E-state index in [-0.39, 0.29) is 60.0 Å². The lowest BCUT2D eigenvalue weighted by Gasteiger charge is -2.37. The maximum atomic E-state index is 15.1. The van der Waals surface area contributed by atoms with Crippen molar-refractivity contribution >= 4 is 40.6 Å². The Morgan fingerprint density at radius 1 is 0.932 bits per heavy atom. The van der Waals surface area contributed by atoms with Gasteiger partial charge in [-0.25, -0.2) is 5.43 Å². The number of carbonyl (C=O) groups excluding carboxylic acids is 5. The largest absolute Gasteiger partial charge is 0.464 e. The minimum absolute atomic E-state index is 0.0550. The topological polar surface area (TPSA) is 177 Å². The van der Waals surface area contributed by atoms with E-state index in [1.54, 1.807) is 19.9 Å². The van der Waals surface area contributed by atoms with Gasteiger partial charge in [-0.3, -0.25) is 44.2 Å². The molecule has 3 N–H and O–H groups in total. The Balaban J connectivity index is 1.02. The lowest BCUT2D eigenvalue weighted by atomic mass is 9.83. The molecule has 2 aromatic heterocycles. The van der Waals surface area contributed by atoms with Crippen molar-refractivity contribution in [1.29, 1.82) is 0 Å². The molecule has 15 nitrogen and oxygen atoms in total. The Kier molecular flexibility index (Phi) is 14.3. The van der Waals surface area contributed by atoms with Crippen LogP contribution in [0.15, 0.2) is 54.7 Å². The van der Waals surface area contributed by atoms with Crippen LogP contribution in [0.2, 0.25) is 0 Å². The average Bonchev–Trinajstić information content (AvgIpc) is 4.28. The van der Waals surface area contributed by atoms with E-state index in [9.17, 15) is 14.4 Å². The second-order valence-electron chi connectivity index (χ2n) is 24.3. The van der Waals surface area contributed by atoms with E-state index < -0.39 is 35.4 Å². The van der Waals surface area contributed by atoms with Gasteiger partial charge < -0.3 is 24.3 Å². The van der Waals surface area contributed by atoms with Crippen LogP contribution in [0, 0.1) is 28.6 Å². The highest BCUT2D eigenvalue weighted by Crippen LogP contribution is 2.45. The Bertz CT molecular complexity index is 2830. The van der Waals surface area contributed by atoms with Gasteiger partial charge in [0.15, 0.2) is 0 Å². The normalized spacial score (nSPS) is 25.7. The maximum Gasteiger partial charge on any atom is 0.324 e. The molecular formula is C59H78N8O7. The summed E-state index contributed by atoms with van der Waals surface area (Å²) in [6, 6.07) is 14.2. The zero-order valence-electron chi connectivity index (χ0n) is 45.1. The SMILES string of the molecule is CCn1c(-c2cccnc2C(C)C)c2c3cc(ccc31)-c1cc(cc(OC(=O)C(C)C)c1)C[C@H](NC(=O)[C@H](C(C)C)N1CC[C@]3(CCN(C(=O)[C@@H]4N[C@@H]4C4CC4)C3)C1)C(=O)N1CCC[C@H](N1)C(=O)OCC(C)(C)C2. The number of nitrogens with one attached hydrogen (secondary N) is 3. The van der Waals surface area contributed by atoms with Gasteiger partial charge in [-0.1, -0.05) is 67.5 Å². The van der Waals surface area contributed by atoms with Crippen molar-refractivity contribution in [2.75, 3.05) is 39.3 Å². The fraction of sp³-hybridized carbons (Fsp3) is 0.593. The lowest BCUT2D eigenvalue weighted by molar-refractivity contribution is -0.155. The van der Waals surface area contributed by atoms with Crippen LogP contribution in [-0.4, -0.2) is 124 Å². The van der Waals surface area contributed by atoms with Gasteiger partial charge in [0.1, 0.15) is 23.9 Å². The Labute approximate surface area is 436 Å². The van der Waals surface area contributed by atoms with Gasteiger partial charge in [0.2, 0.25) is 11.8 Å². The standard InChI is InChI=1S/C59H78N8O7/c1-10-66-47-18-17-39-29-43(47)44(52(66)42-13-11-21-60-48(42)34(2)3)30-58(8,9)33-73-57(72)45-14-12-22-67(63-45)54(69)46(27-37-25-40(39)28-41(26-37)74-56(71)36(6)7)61-53(68)51(35(4)5)64-23-19-59(31-64)20-24-65(32-59)55(70)50-49(62-50)38-15-16-38/h11,13,17-18,21,25-26,28-29,34-36,38,45-46,49-51,62-63H,10,12,14-16,19-20,22-24,27,30-33H2,1-9H3,(H,61,68)/t45-,46-,49+,50+,51-,59-/m0/s1. The molecule has 0 unspecified atom stereocenters. The van der Waals surface area contributed by atoms with Gasteiger partial charge in [-0.2, -0.15) is 0 Å². The highest BCUT2D eigenvalue weighted by molar-refractivity contribution is 5.96. The van der Waals surface area contributed by atoms with Crippen molar-refractivity contribution in [3.8, 4) is 28.1 Å². The number of ether oxygens (including phenoxy) is 2. The molecule has 0 radical (unpaired) electrons. The van der Waals surface area contributed by atoms with Crippen molar-refractivity contribution in [2.24, 2.45) is 28.6 Å². The summed E-state index contributed by atoms with van der Waals surface area (Å²) in [4.78, 5) is 80.4. The number of amides is 3. The number of nitrogens with zero attached hydrogens (tertiary/aromatic N) is 5. The monoisotopic (exact) mass is 1010 g/mol. The summed E-state index contributed by atoms with van der Waals surface area (Å²) in [5, 5.41) is 9.24. The Hall–Kier alpha value is -5.64. The lowest BCUT2D eigenvalue weighted by Crippen LogP contribution is -2.62. The van der Waals surface area contributed by atoms with Crippen LogP contribution in [-0.2, 0) is 48.1 Å². The second kappa shape index (κ2) is 20.5. The van der Waals surface area contributed by atoms with E-state index in [4.69, 9.17) is 14.5 Å². The molecule has 2 aromatic carbocycles. The maximum absolute atomic E-state index is 15.1. The van der Waals surface area contributed by atoms with Crippen LogP contribution in [0.3, 0.4) is 0 Å². The quantitative estimate of drug-likeness (QED) is 0.0774. The minimum atomic E-state index is -1.06. The van der Waals surface area contributed by atoms with E-state index in [1.807, 2.05) is 43.1 Å². The number of benzene rings is 2. The predicted octanol–water partition coefficient (Wildman–Crippen LogP) is 7.42. The number of hydrogen-bond donors (Lipinski definition) is 3. The highest BCUT2D eigenvalue weighted by atomic mass is 16.5. The number of rotatable bonds is 11. The average molecular weight is 1010 g/mol. The van der Waals surface area contributed by atoms with E-state index >= 15 is 9.59 Å². The van der Waals surface area contributed by atoms with Crippen LogP contribution in [0.1, 0.15) is 124 Å². The number of fused-ring (bicyclic) bond motifs is 6. The molecule has 4 saturated heterocycles. The number of carbonyl (C=O) groups is 5. The van der Waals surface area contributed by atoms with Crippen LogP contribution in [0.5, 0.6) is 5.75 Å². The zero-order chi connectivity index (χ0) is 52.4. The number of hydrazine groups is 1. The number of aryl methyl sites for hydroxylation is 1. The van der Waals surface area contributed by atoms with E-state index in [0.717, 1.165) is 63.9 Å². The molecule has 6 bridgehead atoms. The molecule has 10 rings (SSSR count). The number of hydrogen-bond acceptors (Lipinski definition) is 11. The first-order valence-electron chi connectivity index (χ1n) is 27.6. The van der Waals surface area contributed by atoms with Gasteiger partial charge in [0.25, 0.3) is 5.91 Å². The number of pyridine rings is 1. The third kappa shape index (κ3) is 10.5. The van der Waals surface area contributed by atoms with Crippen molar-refractivity contribution in [1.82, 2.24) is 40.4 Å². The molecule has 15 heteroatoms. The molecule has 1 spiro atoms. The van der Waals surface area contributed by atoms with E-state index in [0.29, 0.717) is 75.3 Å². The summed E-state index contributed by atoms with van der Waals surface area (Å²) < 4.78 is 14.7. The molecule has 1 saturated carbocycles. The van der Waals surface area contributed by atoms with Gasteiger partial charge >= 0.3 is 11.9 Å².